The van der Waals surface area contributed by atoms with Gasteiger partial charge in [0.25, 0.3) is 0 Å². The minimum Gasteiger partial charge on any atom is -0.508 e. The number of amides is 1. The number of hydrogen-bond acceptors (Lipinski definition) is 11. The van der Waals surface area contributed by atoms with Crippen molar-refractivity contribution in [1.82, 2.24) is 30.1 Å². The van der Waals surface area contributed by atoms with Crippen LogP contribution in [0.4, 0.5) is 19.4 Å². The van der Waals surface area contributed by atoms with Gasteiger partial charge < -0.3 is 34.4 Å². The number of anilines is 1. The van der Waals surface area contributed by atoms with Gasteiger partial charge >= 0.3 is 12.1 Å². The predicted molar refractivity (Wildman–Crippen MR) is 191 cm³/mol. The molecule has 4 fully saturated rings. The number of nitrogens with zero attached hydrogens (tertiary/aromatic N) is 6. The molecule has 8 rings (SSSR count). The lowest BCUT2D eigenvalue weighted by Crippen LogP contribution is -2.51. The number of nitrogens with one attached hydrogen (secondary N) is 1. The van der Waals surface area contributed by atoms with Crippen LogP contribution in [0, 0.1) is 24.0 Å². The Balaban J connectivity index is 1.23. The van der Waals surface area contributed by atoms with Crippen LogP contribution in [0.2, 0.25) is 0 Å². The van der Waals surface area contributed by atoms with Gasteiger partial charge in [0.2, 0.25) is 5.88 Å². The van der Waals surface area contributed by atoms with Crippen molar-refractivity contribution in [2.45, 2.75) is 62.2 Å². The lowest BCUT2D eigenvalue weighted by atomic mass is 9.95. The summed E-state index contributed by atoms with van der Waals surface area (Å²) < 4.78 is 50.0. The number of pyridine rings is 1. The van der Waals surface area contributed by atoms with Crippen LogP contribution < -0.4 is 19.7 Å². The molecule has 4 saturated heterocycles. The Morgan fingerprint density at radius 3 is 2.63 bits per heavy atom. The molecule has 2 unspecified atom stereocenters. The van der Waals surface area contributed by atoms with Crippen molar-refractivity contribution < 1.29 is 32.9 Å². The van der Waals surface area contributed by atoms with Gasteiger partial charge in [-0.2, -0.15) is 9.97 Å². The summed E-state index contributed by atoms with van der Waals surface area (Å²) in [6, 6.07) is 5.99. The first-order chi connectivity index (χ1) is 25.1. The molecule has 0 saturated carbocycles. The maximum absolute atomic E-state index is 17.2. The summed E-state index contributed by atoms with van der Waals surface area (Å²) in [4.78, 5) is 32.3. The van der Waals surface area contributed by atoms with Crippen LogP contribution in [0.15, 0.2) is 24.3 Å². The lowest BCUT2D eigenvalue weighted by Gasteiger charge is -2.35. The third kappa shape index (κ3) is 5.76. The fourth-order valence-electron chi connectivity index (χ4n) is 8.73. The largest absolute Gasteiger partial charge is 0.508 e. The van der Waals surface area contributed by atoms with Crippen molar-refractivity contribution in [3.05, 3.63) is 41.5 Å². The first-order valence-electron chi connectivity index (χ1n) is 17.7. The zero-order valence-corrected chi connectivity index (χ0v) is 29.4. The summed E-state index contributed by atoms with van der Waals surface area (Å²) in [6.45, 7) is 2.68. The minimum absolute atomic E-state index is 0.00585. The van der Waals surface area contributed by atoms with Gasteiger partial charge in [0.05, 0.1) is 18.2 Å². The number of halogens is 2. The van der Waals surface area contributed by atoms with Crippen molar-refractivity contribution in [1.29, 1.82) is 0 Å². The quantitative estimate of drug-likeness (QED) is 0.244. The first kappa shape index (κ1) is 34.1. The Morgan fingerprint density at radius 2 is 1.90 bits per heavy atom. The highest BCUT2D eigenvalue weighted by Gasteiger charge is 2.50. The van der Waals surface area contributed by atoms with Crippen LogP contribution in [-0.4, -0.2) is 114 Å². The average Bonchev–Trinajstić information content (AvgIpc) is 3.82. The molecule has 2 bridgehead atoms. The Kier molecular flexibility index (Phi) is 8.66. The van der Waals surface area contributed by atoms with Gasteiger partial charge in [-0.25, -0.2) is 18.6 Å². The number of benzene rings is 2. The number of aromatic hydroxyl groups is 1. The molecule has 52 heavy (non-hydrogen) atoms. The highest BCUT2D eigenvalue weighted by atomic mass is 19.1. The van der Waals surface area contributed by atoms with E-state index in [1.165, 1.54) is 36.3 Å². The van der Waals surface area contributed by atoms with E-state index in [2.05, 4.69) is 31.0 Å². The van der Waals surface area contributed by atoms with Crippen LogP contribution in [0.25, 0.3) is 32.9 Å². The van der Waals surface area contributed by atoms with Crippen LogP contribution in [0.1, 0.15) is 44.1 Å². The van der Waals surface area contributed by atoms with Crippen molar-refractivity contribution in [3.8, 4) is 41.2 Å². The van der Waals surface area contributed by atoms with E-state index < -0.39 is 11.6 Å². The fourth-order valence-corrected chi connectivity index (χ4v) is 8.73. The Labute approximate surface area is 300 Å². The Bertz CT molecular complexity index is 2110. The van der Waals surface area contributed by atoms with Gasteiger partial charge in [0, 0.05) is 56.3 Å². The molecule has 4 aliphatic rings. The summed E-state index contributed by atoms with van der Waals surface area (Å²) in [5, 5.41) is 15.2. The summed E-state index contributed by atoms with van der Waals surface area (Å²) in [5.41, 5.74) is -0.588. The van der Waals surface area contributed by atoms with Crippen LogP contribution in [0.5, 0.6) is 17.6 Å². The molecule has 0 radical (unpaired) electrons. The normalized spacial score (nSPS) is 23.9. The Hall–Kier alpha value is -5.00. The first-order valence-corrected chi connectivity index (χ1v) is 17.7. The number of phenolic OH excluding ortho intramolecular Hbond substituents is 1. The van der Waals surface area contributed by atoms with Crippen molar-refractivity contribution in [3.63, 3.8) is 0 Å². The summed E-state index contributed by atoms with van der Waals surface area (Å²) >= 11 is 0. The highest BCUT2D eigenvalue weighted by Crippen LogP contribution is 2.45. The van der Waals surface area contributed by atoms with Gasteiger partial charge in [-0.3, -0.25) is 4.90 Å². The molecule has 272 valence electrons. The second-order valence-corrected chi connectivity index (χ2v) is 14.5. The van der Waals surface area contributed by atoms with Crippen molar-refractivity contribution in [2.24, 2.45) is 0 Å². The van der Waals surface area contributed by atoms with Crippen molar-refractivity contribution in [2.75, 3.05) is 59.0 Å². The van der Waals surface area contributed by atoms with E-state index in [1.54, 1.807) is 14.1 Å². The van der Waals surface area contributed by atoms with E-state index >= 15 is 8.78 Å². The second-order valence-electron chi connectivity index (χ2n) is 14.5. The molecule has 14 heteroatoms. The molecule has 1 amide bonds. The fraction of sp³-hybridized carbons (Fsp3) is 0.474. The zero-order valence-electron chi connectivity index (χ0n) is 29.4. The van der Waals surface area contributed by atoms with E-state index in [4.69, 9.17) is 25.6 Å². The highest BCUT2D eigenvalue weighted by molar-refractivity contribution is 6.04. The van der Waals surface area contributed by atoms with E-state index in [0.717, 1.165) is 45.1 Å². The molecular weight excluding hydrogens is 672 g/mol. The molecule has 4 aromatic rings. The standard InChI is InChI=1S/C38H41F2N7O5/c1-5-26-28(39)10-7-21-15-25(48)16-27(29(21)26)32-31(40)33-30(35(42-32)50-4)34(46-17-22-8-9-23(18-46)41-22)44-36(43-33)52-20-38-12-6-14-47(38)24(11-13-38)19-51-37(49)45(2)3/h1,7,10,15-16,22-24,41,48H,6,8-9,11-14,17-20H2,2-4H3/t22?,23?,24-,38-/m0/s1. The molecule has 0 aliphatic carbocycles. The van der Waals surface area contributed by atoms with Gasteiger partial charge in [-0.1, -0.05) is 12.0 Å². The molecule has 4 atom stereocenters. The second kappa shape index (κ2) is 13.2. The number of methoxy groups -OCH3 is 1. The van der Waals surface area contributed by atoms with Gasteiger partial charge in [-0.05, 0) is 68.7 Å². The number of hydrogen-bond donors (Lipinski definition) is 2. The number of carbonyl (C=O) groups is 1. The summed E-state index contributed by atoms with van der Waals surface area (Å²) in [5.74, 6) is 1.26. The number of phenols is 1. The molecular formula is C38H41F2N7O5. The van der Waals surface area contributed by atoms with E-state index in [9.17, 15) is 9.90 Å². The van der Waals surface area contributed by atoms with Crippen LogP contribution in [-0.2, 0) is 4.74 Å². The number of ether oxygens (including phenoxy) is 3. The molecule has 4 aliphatic heterocycles. The lowest BCUT2D eigenvalue weighted by molar-refractivity contribution is 0.0484. The molecule has 2 aromatic heterocycles. The van der Waals surface area contributed by atoms with Crippen molar-refractivity contribution >= 4 is 33.6 Å². The van der Waals surface area contributed by atoms with E-state index in [1.807, 2.05) is 0 Å². The number of fused-ring (bicyclic) bond motifs is 5. The number of carbonyl (C=O) groups excluding carboxylic acids is 1. The number of aromatic nitrogens is 3. The zero-order chi connectivity index (χ0) is 36.3. The van der Waals surface area contributed by atoms with Crippen LogP contribution >= 0.6 is 0 Å². The SMILES string of the molecule is C#Cc1c(F)ccc2cc(O)cc(-c3nc(OC)c4c(N5CC6CCC(C5)N6)nc(OC[C@@]56CCCN5[C@H](COC(=O)N(C)C)CC6)nc4c3F)c12. The van der Waals surface area contributed by atoms with Gasteiger partial charge in [0.1, 0.15) is 47.2 Å². The third-order valence-corrected chi connectivity index (χ3v) is 11.1. The van der Waals surface area contributed by atoms with E-state index in [-0.39, 0.29) is 93.7 Å². The molecule has 6 heterocycles. The topological polar surface area (TPSA) is 125 Å². The van der Waals surface area contributed by atoms with Gasteiger partial charge in [0.15, 0.2) is 5.82 Å². The number of piperazine rings is 1. The summed E-state index contributed by atoms with van der Waals surface area (Å²) in [6.07, 6.45) is 10.9. The maximum Gasteiger partial charge on any atom is 0.409 e. The Morgan fingerprint density at radius 1 is 1.12 bits per heavy atom. The maximum atomic E-state index is 17.2. The summed E-state index contributed by atoms with van der Waals surface area (Å²) in [7, 11) is 4.75. The monoisotopic (exact) mass is 713 g/mol. The molecule has 2 aromatic carbocycles. The van der Waals surface area contributed by atoms with Crippen LogP contribution in [0.3, 0.4) is 0 Å². The third-order valence-electron chi connectivity index (χ3n) is 11.1. The van der Waals surface area contributed by atoms with Gasteiger partial charge in [-0.15, -0.1) is 6.42 Å². The molecule has 12 nitrogen and oxygen atoms in total. The minimum atomic E-state index is -0.814. The smallest absolute Gasteiger partial charge is 0.409 e. The molecule has 0 spiro atoms. The number of terminal acetylenes is 1. The van der Waals surface area contributed by atoms with E-state index in [0.29, 0.717) is 24.3 Å². The average molecular weight is 714 g/mol. The molecule has 2 N–H and O–H groups in total. The number of rotatable bonds is 8. The predicted octanol–water partition coefficient (Wildman–Crippen LogP) is 4.83.